The topological polar surface area (TPSA) is 43.8 Å². The van der Waals surface area contributed by atoms with Crippen molar-refractivity contribution in [2.45, 2.75) is 18.9 Å². The molecule has 3 rings (SSSR count). The van der Waals surface area contributed by atoms with Gasteiger partial charge in [-0.3, -0.25) is 9.69 Å². The molecule has 0 bridgehead atoms. The fraction of sp³-hybridized carbons (Fsp3) is 0.533. The Hall–Kier alpha value is -1.62. The van der Waals surface area contributed by atoms with Gasteiger partial charge in [-0.25, -0.2) is 4.39 Å². The van der Waals surface area contributed by atoms with Crippen LogP contribution < -0.4 is 4.90 Å². The van der Waals surface area contributed by atoms with Gasteiger partial charge in [0, 0.05) is 31.9 Å². The second-order valence-corrected chi connectivity index (χ2v) is 5.62. The van der Waals surface area contributed by atoms with E-state index in [4.69, 9.17) is 0 Å². The van der Waals surface area contributed by atoms with Gasteiger partial charge in [-0.1, -0.05) is 0 Å². The number of nitrogens with zero attached hydrogens (tertiary/aromatic N) is 2. The first-order valence-electron chi connectivity index (χ1n) is 7.12. The van der Waals surface area contributed by atoms with E-state index < -0.39 is 5.97 Å². The normalized spacial score (nSPS) is 21.8. The van der Waals surface area contributed by atoms with Crippen LogP contribution >= 0.6 is 0 Å². The summed E-state index contributed by atoms with van der Waals surface area (Å²) in [4.78, 5) is 15.6. The first-order chi connectivity index (χ1) is 9.65. The highest BCUT2D eigenvalue weighted by Gasteiger charge is 2.41. The lowest BCUT2D eigenvalue weighted by Crippen LogP contribution is -2.53. The Kier molecular flexibility index (Phi) is 3.61. The highest BCUT2D eigenvalue weighted by Crippen LogP contribution is 2.36. The van der Waals surface area contributed by atoms with Crippen molar-refractivity contribution in [3.8, 4) is 0 Å². The molecule has 1 atom stereocenters. The fourth-order valence-corrected chi connectivity index (χ4v) is 2.98. The Morgan fingerprint density at radius 2 is 1.75 bits per heavy atom. The van der Waals surface area contributed by atoms with E-state index in [2.05, 4.69) is 9.80 Å². The molecule has 0 spiro atoms. The molecule has 1 saturated carbocycles. The summed E-state index contributed by atoms with van der Waals surface area (Å²) < 4.78 is 12.9. The van der Waals surface area contributed by atoms with E-state index in [1.807, 2.05) is 0 Å². The van der Waals surface area contributed by atoms with Crippen molar-refractivity contribution in [3.05, 3.63) is 30.1 Å². The van der Waals surface area contributed by atoms with Crippen LogP contribution in [0, 0.1) is 11.7 Å². The van der Waals surface area contributed by atoms with Crippen molar-refractivity contribution in [3.63, 3.8) is 0 Å². The van der Waals surface area contributed by atoms with E-state index in [-0.39, 0.29) is 11.9 Å². The number of benzene rings is 1. The van der Waals surface area contributed by atoms with Gasteiger partial charge >= 0.3 is 5.97 Å². The summed E-state index contributed by atoms with van der Waals surface area (Å²) in [6.45, 7) is 3.10. The number of piperazine rings is 1. The second-order valence-electron chi connectivity index (χ2n) is 5.62. The molecule has 0 aromatic heterocycles. The van der Waals surface area contributed by atoms with Crippen molar-refractivity contribution >= 4 is 11.7 Å². The lowest BCUT2D eigenvalue weighted by atomic mass is 10.1. The summed E-state index contributed by atoms with van der Waals surface area (Å²) in [5, 5.41) is 9.35. The van der Waals surface area contributed by atoms with Gasteiger partial charge in [0.05, 0.1) is 0 Å². The first kappa shape index (κ1) is 13.4. The van der Waals surface area contributed by atoms with Crippen LogP contribution in [0.2, 0.25) is 0 Å². The quantitative estimate of drug-likeness (QED) is 0.912. The number of hydrogen-bond acceptors (Lipinski definition) is 3. The Morgan fingerprint density at radius 1 is 1.15 bits per heavy atom. The number of aliphatic carboxylic acids is 1. The maximum Gasteiger partial charge on any atom is 0.321 e. The number of hydrogen-bond donors (Lipinski definition) is 1. The maximum absolute atomic E-state index is 12.9. The van der Waals surface area contributed by atoms with E-state index in [1.54, 1.807) is 12.1 Å². The summed E-state index contributed by atoms with van der Waals surface area (Å²) in [6.07, 6.45) is 2.07. The molecule has 0 amide bonds. The average Bonchev–Trinajstić information content (AvgIpc) is 3.25. The molecule has 1 N–H and O–H groups in total. The Bertz CT molecular complexity index is 479. The van der Waals surface area contributed by atoms with Crippen LogP contribution in [-0.4, -0.2) is 48.2 Å². The molecule has 1 aromatic rings. The lowest BCUT2D eigenvalue weighted by Gasteiger charge is -2.38. The Morgan fingerprint density at radius 3 is 2.25 bits per heavy atom. The SMILES string of the molecule is O=C(O)C(C1CC1)N1CCN(c2ccc(F)cc2)CC1. The minimum absolute atomic E-state index is 0.230. The minimum Gasteiger partial charge on any atom is -0.480 e. The molecule has 1 saturated heterocycles. The molecule has 2 aliphatic rings. The predicted molar refractivity (Wildman–Crippen MR) is 74.3 cm³/mol. The van der Waals surface area contributed by atoms with Crippen molar-refractivity contribution < 1.29 is 14.3 Å². The van der Waals surface area contributed by atoms with Crippen molar-refractivity contribution in [1.82, 2.24) is 4.90 Å². The smallest absolute Gasteiger partial charge is 0.321 e. The van der Waals surface area contributed by atoms with Crippen LogP contribution in [0.3, 0.4) is 0 Å². The van der Waals surface area contributed by atoms with Gasteiger partial charge in [0.2, 0.25) is 0 Å². The maximum atomic E-state index is 12.9. The summed E-state index contributed by atoms with van der Waals surface area (Å²) in [5.41, 5.74) is 1.00. The molecule has 1 aromatic carbocycles. The third kappa shape index (κ3) is 2.77. The third-order valence-electron chi connectivity index (χ3n) is 4.22. The average molecular weight is 278 g/mol. The molecule has 5 heteroatoms. The van der Waals surface area contributed by atoms with Gasteiger partial charge in [0.25, 0.3) is 0 Å². The summed E-state index contributed by atoms with van der Waals surface area (Å²) in [6, 6.07) is 6.17. The van der Waals surface area contributed by atoms with Gasteiger partial charge in [0.15, 0.2) is 0 Å². The molecule has 20 heavy (non-hydrogen) atoms. The molecule has 1 aliphatic heterocycles. The van der Waals surface area contributed by atoms with E-state index in [0.29, 0.717) is 5.92 Å². The van der Waals surface area contributed by atoms with Crippen LogP contribution in [0.15, 0.2) is 24.3 Å². The van der Waals surface area contributed by atoms with E-state index >= 15 is 0 Å². The van der Waals surface area contributed by atoms with Crippen LogP contribution in [0.25, 0.3) is 0 Å². The molecular weight excluding hydrogens is 259 g/mol. The number of halogens is 1. The van der Waals surface area contributed by atoms with Crippen molar-refractivity contribution in [2.24, 2.45) is 5.92 Å². The zero-order valence-corrected chi connectivity index (χ0v) is 11.3. The highest BCUT2D eigenvalue weighted by atomic mass is 19.1. The highest BCUT2D eigenvalue weighted by molar-refractivity contribution is 5.74. The van der Waals surface area contributed by atoms with Crippen LogP contribution in [0.5, 0.6) is 0 Å². The third-order valence-corrected chi connectivity index (χ3v) is 4.22. The first-order valence-corrected chi connectivity index (χ1v) is 7.12. The monoisotopic (exact) mass is 278 g/mol. The summed E-state index contributed by atoms with van der Waals surface area (Å²) >= 11 is 0. The van der Waals surface area contributed by atoms with Crippen molar-refractivity contribution in [1.29, 1.82) is 0 Å². The Labute approximate surface area is 117 Å². The molecule has 0 radical (unpaired) electrons. The van der Waals surface area contributed by atoms with E-state index in [0.717, 1.165) is 44.7 Å². The molecule has 1 unspecified atom stereocenters. The van der Waals surface area contributed by atoms with Gasteiger partial charge in [0.1, 0.15) is 11.9 Å². The number of anilines is 1. The Balaban J connectivity index is 1.61. The molecule has 1 aliphatic carbocycles. The number of carboxylic acids is 1. The number of carboxylic acid groups (broad SMARTS) is 1. The zero-order chi connectivity index (χ0) is 14.1. The van der Waals surface area contributed by atoms with Gasteiger partial charge in [-0.2, -0.15) is 0 Å². The van der Waals surface area contributed by atoms with E-state index in [1.165, 1.54) is 12.1 Å². The summed E-state index contributed by atoms with van der Waals surface area (Å²) in [7, 11) is 0. The second kappa shape index (κ2) is 5.40. The molecular formula is C15H19FN2O2. The van der Waals surface area contributed by atoms with Crippen LogP contribution in [0.4, 0.5) is 10.1 Å². The number of carbonyl (C=O) groups is 1. The summed E-state index contributed by atoms with van der Waals surface area (Å²) in [5.74, 6) is -0.584. The van der Waals surface area contributed by atoms with Gasteiger partial charge in [-0.15, -0.1) is 0 Å². The van der Waals surface area contributed by atoms with Crippen LogP contribution in [-0.2, 0) is 4.79 Å². The van der Waals surface area contributed by atoms with Gasteiger partial charge < -0.3 is 10.0 Å². The van der Waals surface area contributed by atoms with Crippen molar-refractivity contribution in [2.75, 3.05) is 31.1 Å². The molecule has 1 heterocycles. The van der Waals surface area contributed by atoms with Gasteiger partial charge in [-0.05, 0) is 43.0 Å². The minimum atomic E-state index is -0.692. The predicted octanol–water partition coefficient (Wildman–Crippen LogP) is 1.81. The fourth-order valence-electron chi connectivity index (χ4n) is 2.98. The standard InChI is InChI=1S/C15H19FN2O2/c16-12-3-5-13(6-4-12)17-7-9-18(10-8-17)14(15(19)20)11-1-2-11/h3-6,11,14H,1-2,7-10H2,(H,19,20). The zero-order valence-electron chi connectivity index (χ0n) is 11.3. The number of rotatable bonds is 4. The molecule has 2 fully saturated rings. The van der Waals surface area contributed by atoms with E-state index in [9.17, 15) is 14.3 Å². The largest absolute Gasteiger partial charge is 0.480 e. The van der Waals surface area contributed by atoms with Crippen LogP contribution in [0.1, 0.15) is 12.8 Å². The molecule has 108 valence electrons. The lowest BCUT2D eigenvalue weighted by molar-refractivity contribution is -0.144. The molecule has 4 nitrogen and oxygen atoms in total.